The lowest BCUT2D eigenvalue weighted by Gasteiger charge is -2.11. The molecule has 0 aliphatic rings. The van der Waals surface area contributed by atoms with Crippen LogP contribution in [0.5, 0.6) is 0 Å². The van der Waals surface area contributed by atoms with Crippen LogP contribution in [0.2, 0.25) is 0 Å². The van der Waals surface area contributed by atoms with E-state index >= 15 is 0 Å². The maximum absolute atomic E-state index is 13.9. The van der Waals surface area contributed by atoms with Crippen LogP contribution >= 0.6 is 0 Å². The molecule has 0 saturated carbocycles. The van der Waals surface area contributed by atoms with Crippen molar-refractivity contribution in [1.29, 1.82) is 0 Å². The van der Waals surface area contributed by atoms with Crippen molar-refractivity contribution in [2.75, 3.05) is 0 Å². The Hall–Kier alpha value is -4.58. The number of nitrogens with zero attached hydrogens (tertiary/aromatic N) is 4. The van der Waals surface area contributed by atoms with Gasteiger partial charge in [0.05, 0.1) is 11.1 Å². The summed E-state index contributed by atoms with van der Waals surface area (Å²) in [4.78, 5) is 23.4. The highest BCUT2D eigenvalue weighted by Gasteiger charge is 2.19. The largest absolute Gasteiger partial charge is 0.270 e. The van der Waals surface area contributed by atoms with Gasteiger partial charge in [-0.05, 0) is 25.5 Å². The van der Waals surface area contributed by atoms with Gasteiger partial charge in [-0.15, -0.1) is 0 Å². The Bertz CT molecular complexity index is 1710. The molecular weight excluding hydrogens is 422 g/mol. The highest BCUT2D eigenvalue weighted by molar-refractivity contribution is 5.95. The topological polar surface area (TPSA) is 75.9 Å². The summed E-state index contributed by atoms with van der Waals surface area (Å²) in [6.45, 7) is 4.10. The third-order valence-corrected chi connectivity index (χ3v) is 6.06. The van der Waals surface area contributed by atoms with Gasteiger partial charge in [0.2, 0.25) is 5.78 Å². The van der Waals surface area contributed by atoms with Crippen LogP contribution in [0.3, 0.4) is 0 Å². The van der Waals surface area contributed by atoms with Gasteiger partial charge >= 0.3 is 0 Å². The first-order valence-corrected chi connectivity index (χ1v) is 11.1. The van der Waals surface area contributed by atoms with Crippen LogP contribution in [0.4, 0.5) is 0 Å². The fourth-order valence-corrected chi connectivity index (χ4v) is 4.22. The second-order valence-corrected chi connectivity index (χ2v) is 8.47. The number of rotatable bonds is 3. The molecule has 0 aliphatic carbocycles. The first-order chi connectivity index (χ1) is 16.6. The lowest BCUT2D eigenvalue weighted by atomic mass is 9.99. The van der Waals surface area contributed by atoms with E-state index in [0.717, 1.165) is 33.5 Å². The third kappa shape index (κ3) is 3.28. The van der Waals surface area contributed by atoms with Gasteiger partial charge < -0.3 is 0 Å². The van der Waals surface area contributed by atoms with E-state index in [2.05, 4.69) is 29.3 Å². The van der Waals surface area contributed by atoms with E-state index in [9.17, 15) is 4.79 Å². The summed E-state index contributed by atoms with van der Waals surface area (Å²) < 4.78 is 1.53. The van der Waals surface area contributed by atoms with Gasteiger partial charge in [-0.25, -0.2) is 14.5 Å². The standard InChI is InChI=1S/C28H21N5O/c1-17-8-12-19(13-9-17)22-16-23(20-14-10-18(2)11-15-20)29-25-24(22)27(34)33-26(31-32-28(33)30-25)21-6-4-3-5-7-21/h3-16H,1-2H3,(H,29,30,32). The van der Waals surface area contributed by atoms with Crippen molar-refractivity contribution in [3.8, 4) is 33.8 Å². The van der Waals surface area contributed by atoms with Crippen molar-refractivity contribution in [2.45, 2.75) is 13.8 Å². The van der Waals surface area contributed by atoms with E-state index in [1.165, 1.54) is 9.96 Å². The van der Waals surface area contributed by atoms with E-state index in [4.69, 9.17) is 9.97 Å². The minimum atomic E-state index is -0.203. The van der Waals surface area contributed by atoms with Crippen LogP contribution in [0.25, 0.3) is 50.6 Å². The van der Waals surface area contributed by atoms with Crippen molar-refractivity contribution < 1.29 is 0 Å². The van der Waals surface area contributed by atoms with Crippen LogP contribution in [-0.4, -0.2) is 24.6 Å². The molecule has 164 valence electrons. The third-order valence-electron chi connectivity index (χ3n) is 6.06. The van der Waals surface area contributed by atoms with E-state index in [1.54, 1.807) is 0 Å². The molecule has 0 spiro atoms. The first kappa shape index (κ1) is 20.1. The van der Waals surface area contributed by atoms with Gasteiger partial charge in [-0.3, -0.25) is 4.79 Å². The van der Waals surface area contributed by atoms with Crippen molar-refractivity contribution in [1.82, 2.24) is 24.6 Å². The molecular formula is C28H21N5O. The zero-order valence-corrected chi connectivity index (χ0v) is 18.8. The number of hydrogen-bond acceptors (Lipinski definition) is 4. The molecule has 6 rings (SSSR count). The van der Waals surface area contributed by atoms with E-state index < -0.39 is 0 Å². The van der Waals surface area contributed by atoms with E-state index in [1.807, 2.05) is 79.7 Å². The number of nitrogens with one attached hydrogen (secondary N) is 1. The van der Waals surface area contributed by atoms with Gasteiger partial charge in [-0.2, -0.15) is 10.1 Å². The molecule has 6 aromatic rings. The van der Waals surface area contributed by atoms with Crippen LogP contribution in [-0.2, 0) is 0 Å². The number of pyridine rings is 1. The Morgan fingerprint density at radius 3 is 2.06 bits per heavy atom. The number of aromatic nitrogens is 5. The molecule has 34 heavy (non-hydrogen) atoms. The molecule has 0 saturated heterocycles. The Labute approximate surface area is 195 Å². The first-order valence-electron chi connectivity index (χ1n) is 11.1. The van der Waals surface area contributed by atoms with Crippen molar-refractivity contribution in [2.24, 2.45) is 0 Å². The van der Waals surface area contributed by atoms with Crippen LogP contribution in [0.15, 0.2) is 89.7 Å². The van der Waals surface area contributed by atoms with Crippen molar-refractivity contribution >= 4 is 16.8 Å². The number of aryl methyl sites for hydroxylation is 2. The van der Waals surface area contributed by atoms with Crippen molar-refractivity contribution in [3.05, 3.63) is 106 Å². The maximum Gasteiger partial charge on any atom is 0.270 e. The number of H-pyrrole nitrogens is 1. The Kier molecular flexibility index (Phi) is 4.59. The fraction of sp³-hybridized carbons (Fsp3) is 0.0714. The molecule has 0 bridgehead atoms. The Balaban J connectivity index is 1.70. The molecule has 6 nitrogen and oxygen atoms in total. The lowest BCUT2D eigenvalue weighted by Crippen LogP contribution is -2.17. The molecule has 1 N–H and O–H groups in total. The van der Waals surface area contributed by atoms with Gasteiger partial charge in [0.25, 0.3) is 5.56 Å². The predicted octanol–water partition coefficient (Wildman–Crippen LogP) is 5.58. The predicted molar refractivity (Wildman–Crippen MR) is 135 cm³/mol. The van der Waals surface area contributed by atoms with Crippen molar-refractivity contribution in [3.63, 3.8) is 0 Å². The Morgan fingerprint density at radius 1 is 0.735 bits per heavy atom. The zero-order chi connectivity index (χ0) is 23.2. The van der Waals surface area contributed by atoms with E-state index in [-0.39, 0.29) is 5.56 Å². The minimum Gasteiger partial charge on any atom is -0.268 e. The number of fused-ring (bicyclic) bond motifs is 2. The second-order valence-electron chi connectivity index (χ2n) is 8.47. The normalized spacial score (nSPS) is 11.4. The monoisotopic (exact) mass is 443 g/mol. The average molecular weight is 444 g/mol. The quantitative estimate of drug-likeness (QED) is 0.387. The van der Waals surface area contributed by atoms with Crippen LogP contribution in [0.1, 0.15) is 11.1 Å². The molecule has 0 amide bonds. The highest BCUT2D eigenvalue weighted by Crippen LogP contribution is 2.31. The molecule has 3 aromatic carbocycles. The van der Waals surface area contributed by atoms with E-state index in [0.29, 0.717) is 22.6 Å². The number of aromatic amines is 1. The minimum absolute atomic E-state index is 0.203. The Morgan fingerprint density at radius 2 is 1.38 bits per heavy atom. The second kappa shape index (κ2) is 7.78. The van der Waals surface area contributed by atoms with Gasteiger partial charge in [0, 0.05) is 16.7 Å². The summed E-state index contributed by atoms with van der Waals surface area (Å²) in [5.74, 6) is 0.882. The highest BCUT2D eigenvalue weighted by atomic mass is 16.1. The van der Waals surface area contributed by atoms with Crippen LogP contribution in [0, 0.1) is 13.8 Å². The summed E-state index contributed by atoms with van der Waals surface area (Å²) in [6.07, 6.45) is 0. The molecule has 0 atom stereocenters. The lowest BCUT2D eigenvalue weighted by molar-refractivity contribution is 1.08. The molecule has 0 unspecified atom stereocenters. The summed E-state index contributed by atoms with van der Waals surface area (Å²) in [7, 11) is 0. The molecule has 6 heteroatoms. The molecule has 3 aromatic heterocycles. The maximum atomic E-state index is 13.9. The summed E-state index contributed by atoms with van der Waals surface area (Å²) in [5.41, 5.74) is 6.82. The van der Waals surface area contributed by atoms with Gasteiger partial charge in [0.1, 0.15) is 0 Å². The fourth-order valence-electron chi connectivity index (χ4n) is 4.22. The number of hydrogen-bond donors (Lipinski definition) is 1. The van der Waals surface area contributed by atoms with Gasteiger partial charge in [0.15, 0.2) is 11.5 Å². The van der Waals surface area contributed by atoms with Crippen LogP contribution < -0.4 is 5.56 Å². The summed E-state index contributed by atoms with van der Waals surface area (Å²) in [6, 6.07) is 27.9. The molecule has 0 aliphatic heterocycles. The number of benzene rings is 3. The summed E-state index contributed by atoms with van der Waals surface area (Å²) >= 11 is 0. The molecule has 0 fully saturated rings. The smallest absolute Gasteiger partial charge is 0.268 e. The molecule has 3 heterocycles. The average Bonchev–Trinajstić information content (AvgIpc) is 3.29. The SMILES string of the molecule is Cc1ccc(-c2cc(-c3ccc(C)cc3)c3c(=O)n4c(-c5ccccc5)n[nH]c4nc3n2)cc1. The van der Waals surface area contributed by atoms with Gasteiger partial charge in [-0.1, -0.05) is 90.0 Å². The summed E-state index contributed by atoms with van der Waals surface area (Å²) in [5, 5.41) is 7.78. The molecule has 0 radical (unpaired) electrons. The zero-order valence-electron chi connectivity index (χ0n) is 18.8.